The van der Waals surface area contributed by atoms with E-state index in [0.29, 0.717) is 10.8 Å². The molecule has 3 aromatic carbocycles. The van der Waals surface area contributed by atoms with Gasteiger partial charge in [-0.2, -0.15) is 18.3 Å². The van der Waals surface area contributed by atoms with E-state index < -0.39 is 17.6 Å². The van der Waals surface area contributed by atoms with Crippen LogP contribution in [0.3, 0.4) is 0 Å². The Kier molecular flexibility index (Phi) is 6.74. The van der Waals surface area contributed by atoms with E-state index in [1.807, 2.05) is 18.2 Å². The summed E-state index contributed by atoms with van der Waals surface area (Å²) in [4.78, 5) is 12.1. The van der Waals surface area contributed by atoms with Crippen LogP contribution in [0.2, 0.25) is 5.02 Å². The normalized spacial score (nSPS) is 11.5. The Morgan fingerprint density at radius 2 is 1.67 bits per heavy atom. The monoisotopic (exact) mass is 432 g/mol. The molecule has 0 heterocycles. The van der Waals surface area contributed by atoms with Gasteiger partial charge in [-0.1, -0.05) is 48.0 Å². The fourth-order valence-electron chi connectivity index (χ4n) is 2.57. The van der Waals surface area contributed by atoms with Crippen LogP contribution in [0.15, 0.2) is 77.9 Å². The number of hydrazone groups is 1. The van der Waals surface area contributed by atoms with Crippen LogP contribution >= 0.6 is 11.6 Å². The van der Waals surface area contributed by atoms with Crippen molar-refractivity contribution in [3.63, 3.8) is 0 Å². The van der Waals surface area contributed by atoms with Gasteiger partial charge in [0.05, 0.1) is 11.8 Å². The van der Waals surface area contributed by atoms with Crippen LogP contribution in [-0.2, 0) is 12.8 Å². The number of carbonyl (C=O) groups excluding carboxylic acids is 1. The van der Waals surface area contributed by atoms with Gasteiger partial charge in [0.25, 0.3) is 5.91 Å². The van der Waals surface area contributed by atoms with Gasteiger partial charge in [0.1, 0.15) is 12.4 Å². The van der Waals surface area contributed by atoms with Crippen molar-refractivity contribution in [1.82, 2.24) is 5.43 Å². The van der Waals surface area contributed by atoms with Crippen LogP contribution in [0, 0.1) is 0 Å². The molecule has 0 fully saturated rings. The maximum atomic E-state index is 13.0. The molecule has 0 saturated carbocycles. The van der Waals surface area contributed by atoms with Crippen molar-refractivity contribution in [3.8, 4) is 5.75 Å². The summed E-state index contributed by atoms with van der Waals surface area (Å²) in [5.74, 6) is -0.0255. The lowest BCUT2D eigenvalue weighted by Gasteiger charge is -2.09. The molecule has 30 heavy (non-hydrogen) atoms. The van der Waals surface area contributed by atoms with Gasteiger partial charge in [0, 0.05) is 21.7 Å². The summed E-state index contributed by atoms with van der Waals surface area (Å²) in [6, 6.07) is 18.5. The number of halogens is 4. The largest absolute Gasteiger partial charge is 0.489 e. The third kappa shape index (κ3) is 5.61. The summed E-state index contributed by atoms with van der Waals surface area (Å²) in [5.41, 5.74) is 2.35. The first kappa shape index (κ1) is 21.4. The maximum Gasteiger partial charge on any atom is 0.417 e. The number of nitrogens with one attached hydrogen (secondary N) is 1. The molecule has 0 aliphatic carbocycles. The van der Waals surface area contributed by atoms with Gasteiger partial charge in [-0.25, -0.2) is 5.43 Å². The molecular formula is C22H16ClF3N2O2. The lowest BCUT2D eigenvalue weighted by Crippen LogP contribution is -2.18. The molecule has 4 nitrogen and oxygen atoms in total. The highest BCUT2D eigenvalue weighted by molar-refractivity contribution is 6.31. The number of rotatable bonds is 6. The number of hydrogen-bond donors (Lipinski definition) is 1. The molecule has 0 atom stereocenters. The van der Waals surface area contributed by atoms with Gasteiger partial charge < -0.3 is 4.74 Å². The van der Waals surface area contributed by atoms with Crippen LogP contribution < -0.4 is 10.2 Å². The van der Waals surface area contributed by atoms with Gasteiger partial charge >= 0.3 is 6.18 Å². The second kappa shape index (κ2) is 9.45. The SMILES string of the molecule is O=C(N/N=C\c1ccccc1C(F)(F)F)c1ccc(OCc2ccccc2Cl)cc1. The summed E-state index contributed by atoms with van der Waals surface area (Å²) >= 11 is 6.08. The number of nitrogens with zero attached hydrogens (tertiary/aromatic N) is 1. The molecule has 0 spiro atoms. The average molecular weight is 433 g/mol. The average Bonchev–Trinajstić information content (AvgIpc) is 2.73. The summed E-state index contributed by atoms with van der Waals surface area (Å²) < 4.78 is 44.5. The second-order valence-corrected chi connectivity index (χ2v) is 6.60. The molecule has 0 aliphatic rings. The van der Waals surface area contributed by atoms with Gasteiger partial charge in [-0.15, -0.1) is 0 Å². The molecule has 0 saturated heterocycles. The van der Waals surface area contributed by atoms with Gasteiger partial charge in [-0.3, -0.25) is 4.79 Å². The molecular weight excluding hydrogens is 417 g/mol. The zero-order valence-electron chi connectivity index (χ0n) is 15.5. The van der Waals surface area contributed by atoms with E-state index in [4.69, 9.17) is 16.3 Å². The third-order valence-corrected chi connectivity index (χ3v) is 4.47. The van der Waals surface area contributed by atoms with Crippen molar-refractivity contribution in [1.29, 1.82) is 0 Å². The Labute approximate surface area is 175 Å². The Balaban J connectivity index is 1.59. The number of alkyl halides is 3. The molecule has 1 N–H and O–H groups in total. The van der Waals surface area contributed by atoms with Crippen molar-refractivity contribution in [3.05, 3.63) is 100 Å². The van der Waals surface area contributed by atoms with Crippen LogP contribution in [0.4, 0.5) is 13.2 Å². The van der Waals surface area contributed by atoms with E-state index in [-0.39, 0.29) is 17.7 Å². The van der Waals surface area contributed by atoms with E-state index in [2.05, 4.69) is 10.5 Å². The molecule has 0 radical (unpaired) electrons. The highest BCUT2D eigenvalue weighted by Crippen LogP contribution is 2.31. The Morgan fingerprint density at radius 1 is 1.00 bits per heavy atom. The molecule has 1 amide bonds. The number of hydrogen-bond acceptors (Lipinski definition) is 3. The summed E-state index contributed by atoms with van der Waals surface area (Å²) in [5, 5.41) is 4.23. The number of ether oxygens (including phenoxy) is 1. The molecule has 8 heteroatoms. The zero-order chi connectivity index (χ0) is 21.6. The maximum absolute atomic E-state index is 13.0. The van der Waals surface area contributed by atoms with E-state index in [1.54, 1.807) is 18.2 Å². The Morgan fingerprint density at radius 3 is 2.37 bits per heavy atom. The molecule has 0 aromatic heterocycles. The fraction of sp³-hybridized carbons (Fsp3) is 0.0909. The molecule has 154 valence electrons. The predicted molar refractivity (Wildman–Crippen MR) is 109 cm³/mol. The molecule has 3 rings (SSSR count). The highest BCUT2D eigenvalue weighted by atomic mass is 35.5. The van der Waals surface area contributed by atoms with Crippen molar-refractivity contribution in [2.24, 2.45) is 5.10 Å². The predicted octanol–water partition coefficient (Wildman–Crippen LogP) is 5.70. The van der Waals surface area contributed by atoms with Crippen molar-refractivity contribution in [2.45, 2.75) is 12.8 Å². The minimum Gasteiger partial charge on any atom is -0.489 e. The first-order valence-electron chi connectivity index (χ1n) is 8.80. The van der Waals surface area contributed by atoms with Gasteiger partial charge in [0.15, 0.2) is 0 Å². The quantitative estimate of drug-likeness (QED) is 0.401. The molecule has 3 aromatic rings. The molecule has 0 unspecified atom stereocenters. The van der Waals surface area contributed by atoms with E-state index in [1.165, 1.54) is 30.3 Å². The topological polar surface area (TPSA) is 50.7 Å². The van der Waals surface area contributed by atoms with Crippen LogP contribution in [0.5, 0.6) is 5.75 Å². The lowest BCUT2D eigenvalue weighted by molar-refractivity contribution is -0.137. The minimum atomic E-state index is -4.51. The molecule has 0 aliphatic heterocycles. The summed E-state index contributed by atoms with van der Waals surface area (Å²) in [6.07, 6.45) is -3.55. The summed E-state index contributed by atoms with van der Waals surface area (Å²) in [7, 11) is 0. The summed E-state index contributed by atoms with van der Waals surface area (Å²) in [6.45, 7) is 0.272. The van der Waals surface area contributed by atoms with Crippen molar-refractivity contribution in [2.75, 3.05) is 0 Å². The Hall–Kier alpha value is -3.32. The lowest BCUT2D eigenvalue weighted by atomic mass is 10.1. The minimum absolute atomic E-state index is 0.145. The van der Waals surface area contributed by atoms with Crippen LogP contribution in [0.25, 0.3) is 0 Å². The van der Waals surface area contributed by atoms with Gasteiger partial charge in [-0.05, 0) is 36.4 Å². The van der Waals surface area contributed by atoms with E-state index in [0.717, 1.165) is 17.8 Å². The third-order valence-electron chi connectivity index (χ3n) is 4.10. The van der Waals surface area contributed by atoms with Gasteiger partial charge in [0.2, 0.25) is 0 Å². The zero-order valence-corrected chi connectivity index (χ0v) is 16.2. The fourth-order valence-corrected chi connectivity index (χ4v) is 2.76. The highest BCUT2D eigenvalue weighted by Gasteiger charge is 2.32. The first-order chi connectivity index (χ1) is 14.3. The van der Waals surface area contributed by atoms with Crippen molar-refractivity contribution < 1.29 is 22.7 Å². The standard InChI is InChI=1S/C22H16ClF3N2O2/c23-20-8-4-2-6-17(20)14-30-18-11-9-15(10-12-18)21(29)28-27-13-16-5-1-3-7-19(16)22(24,25)26/h1-13H,14H2,(H,28,29)/b27-13-. The first-order valence-corrected chi connectivity index (χ1v) is 9.18. The van der Waals surface area contributed by atoms with Crippen LogP contribution in [-0.4, -0.2) is 12.1 Å². The van der Waals surface area contributed by atoms with E-state index >= 15 is 0 Å². The smallest absolute Gasteiger partial charge is 0.417 e. The van der Waals surface area contributed by atoms with Crippen LogP contribution in [0.1, 0.15) is 27.0 Å². The van der Waals surface area contributed by atoms with E-state index in [9.17, 15) is 18.0 Å². The molecule has 0 bridgehead atoms. The number of carbonyl (C=O) groups is 1. The Bertz CT molecular complexity index is 1050. The van der Waals surface area contributed by atoms with Crippen molar-refractivity contribution >= 4 is 23.7 Å². The second-order valence-electron chi connectivity index (χ2n) is 6.19. The number of benzene rings is 3. The number of amides is 1.